The van der Waals surface area contributed by atoms with E-state index < -0.39 is 10.0 Å². The number of nitrogens with zero attached hydrogens (tertiary/aromatic N) is 3. The molecule has 3 aromatic rings. The van der Waals surface area contributed by atoms with Crippen molar-refractivity contribution in [1.82, 2.24) is 8.87 Å². The third-order valence-corrected chi connectivity index (χ3v) is 8.84. The molecule has 8 heteroatoms. The van der Waals surface area contributed by atoms with E-state index in [4.69, 9.17) is 9.73 Å². The third-order valence-electron chi connectivity index (χ3n) is 6.10. The van der Waals surface area contributed by atoms with E-state index in [0.29, 0.717) is 24.6 Å². The second-order valence-corrected chi connectivity index (χ2v) is 12.6. The summed E-state index contributed by atoms with van der Waals surface area (Å²) in [6.45, 7) is 10.3. The van der Waals surface area contributed by atoms with Crippen LogP contribution in [0, 0.1) is 0 Å². The minimum absolute atomic E-state index is 0.212. The summed E-state index contributed by atoms with van der Waals surface area (Å²) in [5.74, 6) is 0.831. The molecule has 2 heterocycles. The number of hydrogen-bond acceptors (Lipinski definition) is 5. The molecule has 1 aliphatic rings. The van der Waals surface area contributed by atoms with Gasteiger partial charge in [-0.3, -0.25) is 0 Å². The first-order valence-corrected chi connectivity index (χ1v) is 14.6. The van der Waals surface area contributed by atoms with Crippen LogP contribution in [0.25, 0.3) is 11.3 Å². The van der Waals surface area contributed by atoms with E-state index in [-0.39, 0.29) is 5.54 Å². The van der Waals surface area contributed by atoms with Crippen LogP contribution in [0.1, 0.15) is 53.4 Å². The van der Waals surface area contributed by atoms with Gasteiger partial charge in [0.2, 0.25) is 10.0 Å². The number of rotatable bonds is 6. The molecule has 1 saturated heterocycles. The number of ether oxygens (including phenoxy) is 1. The first-order valence-electron chi connectivity index (χ1n) is 12.3. The molecule has 4 rings (SSSR count). The normalized spacial score (nSPS) is 16.3. The average Bonchev–Trinajstić information content (AvgIpc) is 3.05. The Balaban J connectivity index is 1.68. The van der Waals surface area contributed by atoms with E-state index in [2.05, 4.69) is 30.7 Å². The standard InChI is InChI=1S/C27H35N3O3S2/c1-5-33-23-14-12-22(13-15-23)28-26-30(27(2,3)4)25(20-34-26)21-10-16-24(17-11-21)35(31,32)29-18-8-6-7-9-19-29/h10-17,20H,5-9,18-19H2,1-4H3. The maximum absolute atomic E-state index is 13.2. The summed E-state index contributed by atoms with van der Waals surface area (Å²) < 4.78 is 35.8. The number of aromatic nitrogens is 1. The fourth-order valence-corrected chi connectivity index (χ4v) is 6.97. The Morgan fingerprint density at radius 2 is 1.57 bits per heavy atom. The van der Waals surface area contributed by atoms with Crippen molar-refractivity contribution >= 4 is 27.0 Å². The smallest absolute Gasteiger partial charge is 0.243 e. The van der Waals surface area contributed by atoms with Crippen molar-refractivity contribution in [2.45, 2.75) is 63.8 Å². The molecular formula is C27H35N3O3S2. The summed E-state index contributed by atoms with van der Waals surface area (Å²) in [5.41, 5.74) is 2.64. The fraction of sp³-hybridized carbons (Fsp3) is 0.444. The highest BCUT2D eigenvalue weighted by molar-refractivity contribution is 7.89. The zero-order valence-electron chi connectivity index (χ0n) is 21.0. The molecule has 188 valence electrons. The van der Waals surface area contributed by atoms with Crippen molar-refractivity contribution in [2.75, 3.05) is 19.7 Å². The zero-order chi connectivity index (χ0) is 25.1. The zero-order valence-corrected chi connectivity index (χ0v) is 22.7. The number of thiazole rings is 1. The predicted octanol–water partition coefficient (Wildman–Crippen LogP) is 6.17. The van der Waals surface area contributed by atoms with Gasteiger partial charge in [0, 0.05) is 24.0 Å². The van der Waals surface area contributed by atoms with Gasteiger partial charge in [-0.05, 0) is 82.5 Å². The van der Waals surface area contributed by atoms with Gasteiger partial charge in [0.25, 0.3) is 0 Å². The molecule has 2 aromatic carbocycles. The van der Waals surface area contributed by atoms with Crippen LogP contribution >= 0.6 is 11.3 Å². The summed E-state index contributed by atoms with van der Waals surface area (Å²) >= 11 is 1.58. The lowest BCUT2D eigenvalue weighted by Crippen LogP contribution is -2.32. The molecule has 0 N–H and O–H groups in total. The summed E-state index contributed by atoms with van der Waals surface area (Å²) in [6.07, 6.45) is 4.05. The Morgan fingerprint density at radius 1 is 0.943 bits per heavy atom. The van der Waals surface area contributed by atoms with Gasteiger partial charge in [-0.2, -0.15) is 4.31 Å². The molecule has 0 spiro atoms. The Morgan fingerprint density at radius 3 is 2.14 bits per heavy atom. The van der Waals surface area contributed by atoms with Gasteiger partial charge in [-0.1, -0.05) is 25.0 Å². The highest BCUT2D eigenvalue weighted by Gasteiger charge is 2.26. The number of hydrogen-bond donors (Lipinski definition) is 0. The Kier molecular flexibility index (Phi) is 7.83. The molecule has 1 aliphatic heterocycles. The molecule has 0 aliphatic carbocycles. The molecule has 1 aromatic heterocycles. The summed E-state index contributed by atoms with van der Waals surface area (Å²) in [5, 5.41) is 2.09. The lowest BCUT2D eigenvalue weighted by Gasteiger charge is -2.24. The van der Waals surface area contributed by atoms with Crippen molar-refractivity contribution in [2.24, 2.45) is 4.99 Å². The number of benzene rings is 2. The Labute approximate surface area is 213 Å². The Hall–Kier alpha value is -2.42. The van der Waals surface area contributed by atoms with Crippen molar-refractivity contribution in [3.63, 3.8) is 0 Å². The second kappa shape index (κ2) is 10.7. The SMILES string of the molecule is CCOc1ccc(N=c2scc(-c3ccc(S(=O)(=O)N4CCCCCC4)cc3)n2C(C)(C)C)cc1. The van der Waals surface area contributed by atoms with E-state index in [1.807, 2.05) is 43.3 Å². The van der Waals surface area contributed by atoms with E-state index in [1.54, 1.807) is 27.8 Å². The van der Waals surface area contributed by atoms with Crippen LogP contribution < -0.4 is 9.54 Å². The monoisotopic (exact) mass is 513 g/mol. The topological polar surface area (TPSA) is 63.9 Å². The molecule has 0 unspecified atom stereocenters. The Bertz CT molecular complexity index is 1290. The van der Waals surface area contributed by atoms with Crippen molar-refractivity contribution in [3.8, 4) is 17.0 Å². The molecule has 0 radical (unpaired) electrons. The number of sulfonamides is 1. The summed E-state index contributed by atoms with van der Waals surface area (Å²) in [7, 11) is -3.47. The van der Waals surface area contributed by atoms with Crippen LogP contribution in [0.5, 0.6) is 5.75 Å². The molecule has 35 heavy (non-hydrogen) atoms. The molecule has 0 bridgehead atoms. The molecule has 1 fully saturated rings. The highest BCUT2D eigenvalue weighted by atomic mass is 32.2. The maximum atomic E-state index is 13.2. The van der Waals surface area contributed by atoms with E-state index in [0.717, 1.165) is 53.2 Å². The highest BCUT2D eigenvalue weighted by Crippen LogP contribution is 2.29. The van der Waals surface area contributed by atoms with Gasteiger partial charge in [0.1, 0.15) is 5.75 Å². The van der Waals surface area contributed by atoms with Gasteiger partial charge in [-0.25, -0.2) is 13.4 Å². The maximum Gasteiger partial charge on any atom is 0.243 e. The van der Waals surface area contributed by atoms with Crippen molar-refractivity contribution in [1.29, 1.82) is 0 Å². The fourth-order valence-electron chi connectivity index (χ4n) is 4.36. The van der Waals surface area contributed by atoms with E-state index in [1.165, 1.54) is 0 Å². The minimum Gasteiger partial charge on any atom is -0.494 e. The van der Waals surface area contributed by atoms with Crippen LogP contribution in [0.2, 0.25) is 0 Å². The largest absolute Gasteiger partial charge is 0.494 e. The van der Waals surface area contributed by atoms with Gasteiger partial charge >= 0.3 is 0 Å². The molecule has 0 amide bonds. The third kappa shape index (κ3) is 5.88. The van der Waals surface area contributed by atoms with Crippen LogP contribution in [0.3, 0.4) is 0 Å². The van der Waals surface area contributed by atoms with Gasteiger partial charge < -0.3 is 9.30 Å². The lowest BCUT2D eigenvalue weighted by atomic mass is 10.1. The quantitative estimate of drug-likeness (QED) is 0.396. The first-order chi connectivity index (χ1) is 16.7. The van der Waals surface area contributed by atoms with Crippen LogP contribution in [0.4, 0.5) is 5.69 Å². The predicted molar refractivity (Wildman–Crippen MR) is 143 cm³/mol. The van der Waals surface area contributed by atoms with Crippen molar-refractivity contribution < 1.29 is 13.2 Å². The van der Waals surface area contributed by atoms with Gasteiger partial charge in [0.15, 0.2) is 4.80 Å². The van der Waals surface area contributed by atoms with Crippen LogP contribution in [-0.4, -0.2) is 37.0 Å². The molecule has 0 atom stereocenters. The van der Waals surface area contributed by atoms with Gasteiger partial charge in [0.05, 0.1) is 22.9 Å². The summed E-state index contributed by atoms with van der Waals surface area (Å²) in [6, 6.07) is 15.1. The lowest BCUT2D eigenvalue weighted by molar-refractivity contribution is 0.340. The van der Waals surface area contributed by atoms with Crippen molar-refractivity contribution in [3.05, 3.63) is 58.7 Å². The second-order valence-electron chi connectivity index (χ2n) is 9.79. The molecule has 0 saturated carbocycles. The first kappa shape index (κ1) is 25.7. The van der Waals surface area contributed by atoms with Gasteiger partial charge in [-0.15, -0.1) is 11.3 Å². The summed E-state index contributed by atoms with van der Waals surface area (Å²) in [4.78, 5) is 6.15. The molecular weight excluding hydrogens is 478 g/mol. The van der Waals surface area contributed by atoms with Crippen LogP contribution in [-0.2, 0) is 15.6 Å². The van der Waals surface area contributed by atoms with E-state index >= 15 is 0 Å². The van der Waals surface area contributed by atoms with E-state index in [9.17, 15) is 8.42 Å². The van der Waals surface area contributed by atoms with Crippen LogP contribution in [0.15, 0.2) is 63.8 Å². The average molecular weight is 514 g/mol. The minimum atomic E-state index is -3.47. The molecule has 6 nitrogen and oxygen atoms in total.